The van der Waals surface area contributed by atoms with Gasteiger partial charge in [-0.3, -0.25) is 4.79 Å². The standard InChI is InChI=1S/C20H23N7O3S2/c1-14(31-20-25-24-17-6-3-2-4-13-27(17)20)18(28)23-15-7-9-16(10-8-15)32(29,30)26-19-21-11-5-12-22-19/h5,7-12,14H,2-4,6,13H2,1H3,(H,23,28)(H,21,22,26). The third-order valence-electron chi connectivity index (χ3n) is 4.95. The molecule has 1 aliphatic heterocycles. The van der Waals surface area contributed by atoms with Gasteiger partial charge in [0.25, 0.3) is 10.0 Å². The van der Waals surface area contributed by atoms with Crippen LogP contribution in [0.15, 0.2) is 52.8 Å². The first-order chi connectivity index (χ1) is 15.4. The molecule has 3 aromatic rings. The lowest BCUT2D eigenvalue weighted by molar-refractivity contribution is -0.115. The largest absolute Gasteiger partial charge is 0.325 e. The van der Waals surface area contributed by atoms with Gasteiger partial charge in [0.1, 0.15) is 5.82 Å². The Labute approximate surface area is 190 Å². The summed E-state index contributed by atoms with van der Waals surface area (Å²) in [5.41, 5.74) is 0.498. The Morgan fingerprint density at radius 2 is 1.84 bits per heavy atom. The Hall–Kier alpha value is -2.99. The summed E-state index contributed by atoms with van der Waals surface area (Å²) in [6.45, 7) is 2.68. The van der Waals surface area contributed by atoms with Crippen LogP contribution >= 0.6 is 11.8 Å². The molecule has 0 bridgehead atoms. The van der Waals surface area contributed by atoms with Gasteiger partial charge in [0.2, 0.25) is 11.9 Å². The summed E-state index contributed by atoms with van der Waals surface area (Å²) >= 11 is 1.37. The van der Waals surface area contributed by atoms with E-state index in [1.165, 1.54) is 42.7 Å². The SMILES string of the molecule is CC(Sc1nnc2n1CCCCC2)C(=O)Nc1ccc(S(=O)(=O)Nc2ncccn2)cc1. The molecule has 2 N–H and O–H groups in total. The number of aromatic nitrogens is 5. The van der Waals surface area contributed by atoms with Gasteiger partial charge >= 0.3 is 0 Å². The molecule has 0 aliphatic carbocycles. The highest BCUT2D eigenvalue weighted by Crippen LogP contribution is 2.26. The topological polar surface area (TPSA) is 132 Å². The summed E-state index contributed by atoms with van der Waals surface area (Å²) in [7, 11) is -3.83. The Balaban J connectivity index is 1.38. The fourth-order valence-corrected chi connectivity index (χ4v) is 5.10. The van der Waals surface area contributed by atoms with E-state index in [0.717, 1.165) is 36.8 Å². The van der Waals surface area contributed by atoms with Gasteiger partial charge < -0.3 is 9.88 Å². The molecule has 0 fully saturated rings. The highest BCUT2D eigenvalue weighted by atomic mass is 32.2. The number of nitrogens with one attached hydrogen (secondary N) is 2. The average Bonchev–Trinajstić information content (AvgIpc) is 3.00. The number of thioether (sulfide) groups is 1. The molecule has 1 unspecified atom stereocenters. The minimum absolute atomic E-state index is 0.0119. The van der Waals surface area contributed by atoms with Crippen LogP contribution in [0.2, 0.25) is 0 Å². The van der Waals surface area contributed by atoms with Crippen molar-refractivity contribution in [2.45, 2.75) is 54.5 Å². The van der Waals surface area contributed by atoms with Crippen molar-refractivity contribution < 1.29 is 13.2 Å². The molecule has 168 valence electrons. The molecule has 1 aliphatic rings. The lowest BCUT2D eigenvalue weighted by atomic mass is 10.2. The molecule has 3 heterocycles. The van der Waals surface area contributed by atoms with E-state index in [-0.39, 0.29) is 16.8 Å². The summed E-state index contributed by atoms with van der Waals surface area (Å²) in [5, 5.41) is 11.7. The normalized spacial score (nSPS) is 14.8. The molecule has 1 aromatic carbocycles. The number of carbonyl (C=O) groups is 1. The maximum atomic E-state index is 12.7. The Kier molecular flexibility index (Phi) is 6.70. The second-order valence-electron chi connectivity index (χ2n) is 7.31. The lowest BCUT2D eigenvalue weighted by Gasteiger charge is -2.13. The van der Waals surface area contributed by atoms with Crippen molar-refractivity contribution >= 4 is 39.3 Å². The predicted octanol–water partition coefficient (Wildman–Crippen LogP) is 2.71. The molecule has 0 radical (unpaired) electrons. The number of aryl methyl sites for hydroxylation is 1. The zero-order valence-corrected chi connectivity index (χ0v) is 19.1. The smallest absolute Gasteiger partial charge is 0.264 e. The zero-order valence-electron chi connectivity index (χ0n) is 17.4. The van der Waals surface area contributed by atoms with Gasteiger partial charge in [0.05, 0.1) is 10.1 Å². The van der Waals surface area contributed by atoms with E-state index in [1.54, 1.807) is 25.1 Å². The summed E-state index contributed by atoms with van der Waals surface area (Å²) in [4.78, 5) is 20.4. The molecule has 0 saturated carbocycles. The Morgan fingerprint density at radius 1 is 1.09 bits per heavy atom. The van der Waals surface area contributed by atoms with Crippen LogP contribution < -0.4 is 10.0 Å². The molecule has 1 atom stereocenters. The number of sulfonamides is 1. The molecule has 1 amide bonds. The minimum Gasteiger partial charge on any atom is -0.325 e. The maximum Gasteiger partial charge on any atom is 0.264 e. The average molecular weight is 474 g/mol. The minimum atomic E-state index is -3.83. The number of anilines is 2. The summed E-state index contributed by atoms with van der Waals surface area (Å²) < 4.78 is 29.3. The number of fused-ring (bicyclic) bond motifs is 1. The second-order valence-corrected chi connectivity index (χ2v) is 10.3. The zero-order chi connectivity index (χ0) is 22.6. The van der Waals surface area contributed by atoms with Gasteiger partial charge in [-0.15, -0.1) is 10.2 Å². The number of hydrogen-bond acceptors (Lipinski definition) is 8. The fourth-order valence-electron chi connectivity index (χ4n) is 3.25. The van der Waals surface area contributed by atoms with Crippen molar-refractivity contribution in [1.82, 2.24) is 24.7 Å². The van der Waals surface area contributed by atoms with Gasteiger partial charge in [0.15, 0.2) is 5.16 Å². The third-order valence-corrected chi connectivity index (χ3v) is 7.38. The highest BCUT2D eigenvalue weighted by molar-refractivity contribution is 8.00. The van der Waals surface area contributed by atoms with Crippen LogP contribution in [0.4, 0.5) is 11.6 Å². The Bertz CT molecular complexity index is 1180. The van der Waals surface area contributed by atoms with Crippen molar-refractivity contribution in [2.75, 3.05) is 10.0 Å². The first-order valence-electron chi connectivity index (χ1n) is 10.2. The van der Waals surface area contributed by atoms with E-state index in [4.69, 9.17) is 0 Å². The number of hydrogen-bond donors (Lipinski definition) is 2. The van der Waals surface area contributed by atoms with E-state index in [0.29, 0.717) is 5.69 Å². The predicted molar refractivity (Wildman–Crippen MR) is 121 cm³/mol. The van der Waals surface area contributed by atoms with E-state index < -0.39 is 15.3 Å². The molecular weight excluding hydrogens is 450 g/mol. The van der Waals surface area contributed by atoms with Gasteiger partial charge in [-0.1, -0.05) is 18.2 Å². The highest BCUT2D eigenvalue weighted by Gasteiger charge is 2.21. The van der Waals surface area contributed by atoms with Gasteiger partial charge in [-0.2, -0.15) is 0 Å². The van der Waals surface area contributed by atoms with Crippen LogP contribution in [0.3, 0.4) is 0 Å². The van der Waals surface area contributed by atoms with Crippen LogP contribution in [0.1, 0.15) is 32.0 Å². The monoisotopic (exact) mass is 473 g/mol. The molecule has 0 spiro atoms. The van der Waals surface area contributed by atoms with Crippen LogP contribution in [0, 0.1) is 0 Å². The fraction of sp³-hybridized carbons (Fsp3) is 0.350. The summed E-state index contributed by atoms with van der Waals surface area (Å²) in [5.74, 6) is 0.762. The van der Waals surface area contributed by atoms with Crippen molar-refractivity contribution in [2.24, 2.45) is 0 Å². The molecule has 12 heteroatoms. The van der Waals surface area contributed by atoms with E-state index in [9.17, 15) is 13.2 Å². The number of benzene rings is 1. The molecule has 4 rings (SSSR count). The summed E-state index contributed by atoms with van der Waals surface area (Å²) in [6.07, 6.45) is 7.16. The van der Waals surface area contributed by atoms with E-state index in [1.807, 2.05) is 0 Å². The quantitative estimate of drug-likeness (QED) is 0.501. The molecular formula is C20H23N7O3S2. The number of carbonyl (C=O) groups excluding carboxylic acids is 1. The molecule has 0 saturated heterocycles. The third kappa shape index (κ3) is 5.25. The molecule has 32 heavy (non-hydrogen) atoms. The van der Waals surface area contributed by atoms with Crippen molar-refractivity contribution in [3.8, 4) is 0 Å². The number of nitrogens with zero attached hydrogens (tertiary/aromatic N) is 5. The van der Waals surface area contributed by atoms with Crippen LogP contribution in [0.25, 0.3) is 0 Å². The first kappa shape index (κ1) is 22.2. The second kappa shape index (κ2) is 9.65. The van der Waals surface area contributed by atoms with E-state index in [2.05, 4.69) is 34.8 Å². The van der Waals surface area contributed by atoms with Crippen LogP contribution in [-0.2, 0) is 27.8 Å². The number of rotatable bonds is 7. The maximum absolute atomic E-state index is 12.7. The molecule has 2 aromatic heterocycles. The first-order valence-corrected chi connectivity index (χ1v) is 12.6. The Morgan fingerprint density at radius 3 is 2.59 bits per heavy atom. The van der Waals surface area contributed by atoms with Crippen molar-refractivity contribution in [3.63, 3.8) is 0 Å². The van der Waals surface area contributed by atoms with Gasteiger partial charge in [0, 0.05) is 31.0 Å². The van der Waals surface area contributed by atoms with Gasteiger partial charge in [-0.25, -0.2) is 23.1 Å². The number of amides is 1. The van der Waals surface area contributed by atoms with E-state index >= 15 is 0 Å². The van der Waals surface area contributed by atoms with Crippen LogP contribution in [-0.4, -0.2) is 44.3 Å². The lowest BCUT2D eigenvalue weighted by Crippen LogP contribution is -2.23. The molecule has 10 nitrogen and oxygen atoms in total. The van der Waals surface area contributed by atoms with Crippen molar-refractivity contribution in [3.05, 3.63) is 48.5 Å². The van der Waals surface area contributed by atoms with Gasteiger partial charge in [-0.05, 0) is 50.1 Å². The summed E-state index contributed by atoms with van der Waals surface area (Å²) in [6, 6.07) is 7.50. The van der Waals surface area contributed by atoms with Crippen molar-refractivity contribution in [1.29, 1.82) is 0 Å². The van der Waals surface area contributed by atoms with Crippen LogP contribution in [0.5, 0.6) is 0 Å².